The van der Waals surface area contributed by atoms with Gasteiger partial charge < -0.3 is 10.3 Å². The molecule has 0 saturated heterocycles. The van der Waals surface area contributed by atoms with Gasteiger partial charge in [-0.1, -0.05) is 20.8 Å². The van der Waals surface area contributed by atoms with E-state index < -0.39 is 0 Å². The van der Waals surface area contributed by atoms with Gasteiger partial charge >= 0.3 is 0 Å². The molecule has 0 radical (unpaired) electrons. The average Bonchev–Trinajstić information content (AvgIpc) is 2.54. The summed E-state index contributed by atoms with van der Waals surface area (Å²) in [7, 11) is 0. The second-order valence-electron chi connectivity index (χ2n) is 5.21. The van der Waals surface area contributed by atoms with E-state index in [-0.39, 0.29) is 5.41 Å². The monoisotopic (exact) mass is 343 g/mol. The van der Waals surface area contributed by atoms with E-state index in [4.69, 9.17) is 5.73 Å². The van der Waals surface area contributed by atoms with Crippen molar-refractivity contribution in [1.29, 1.82) is 0 Å². The van der Waals surface area contributed by atoms with Crippen LogP contribution in [0.3, 0.4) is 0 Å². The Balaban J connectivity index is 2.50. The van der Waals surface area contributed by atoms with Crippen LogP contribution >= 0.6 is 22.6 Å². The van der Waals surface area contributed by atoms with Crippen molar-refractivity contribution in [3.8, 4) is 0 Å². The average molecular weight is 343 g/mol. The number of halogens is 1. The molecule has 2 aromatic rings. The number of fused-ring (bicyclic) bond motifs is 1. The van der Waals surface area contributed by atoms with Gasteiger partial charge in [0.2, 0.25) is 5.95 Å². The summed E-state index contributed by atoms with van der Waals surface area (Å²) in [5, 5.41) is 0. The maximum atomic E-state index is 6.01. The lowest BCUT2D eigenvalue weighted by Gasteiger charge is -2.24. The van der Waals surface area contributed by atoms with Crippen molar-refractivity contribution in [3.05, 3.63) is 21.8 Å². The van der Waals surface area contributed by atoms with Gasteiger partial charge in [-0.3, -0.25) is 0 Å². The summed E-state index contributed by atoms with van der Waals surface area (Å²) in [6.45, 7) is 7.63. The van der Waals surface area contributed by atoms with E-state index in [1.807, 2.05) is 0 Å². The first-order valence-corrected chi connectivity index (χ1v) is 6.92. The summed E-state index contributed by atoms with van der Waals surface area (Å²) in [6, 6.07) is 6.27. The normalized spacial score (nSPS) is 12.2. The van der Waals surface area contributed by atoms with Gasteiger partial charge in [0.05, 0.1) is 11.0 Å². The van der Waals surface area contributed by atoms with Gasteiger partial charge in [-0.15, -0.1) is 0 Å². The molecule has 0 amide bonds. The smallest absolute Gasteiger partial charge is 0.201 e. The molecule has 0 aliphatic rings. The van der Waals surface area contributed by atoms with Gasteiger partial charge in [0.25, 0.3) is 0 Å². The first-order chi connectivity index (χ1) is 7.93. The standard InChI is InChI=1S/C13H18IN3/c1-4-13(2,3)8-17-11-6-5-9(14)7-10(11)16-12(17)15/h5-7H,4,8H2,1-3H3,(H2,15,16). The van der Waals surface area contributed by atoms with Crippen LogP contribution in [0.2, 0.25) is 0 Å². The number of anilines is 1. The third kappa shape index (κ3) is 2.56. The molecule has 17 heavy (non-hydrogen) atoms. The summed E-state index contributed by atoms with van der Waals surface area (Å²) >= 11 is 2.29. The number of rotatable bonds is 3. The molecular formula is C13H18IN3. The third-order valence-electron chi connectivity index (χ3n) is 3.28. The van der Waals surface area contributed by atoms with E-state index in [9.17, 15) is 0 Å². The van der Waals surface area contributed by atoms with Crippen LogP contribution in [0.4, 0.5) is 5.95 Å². The highest BCUT2D eigenvalue weighted by atomic mass is 127. The number of nitrogens with zero attached hydrogens (tertiary/aromatic N) is 2. The van der Waals surface area contributed by atoms with Crippen LogP contribution in [-0.2, 0) is 6.54 Å². The maximum Gasteiger partial charge on any atom is 0.201 e. The van der Waals surface area contributed by atoms with Crippen LogP contribution in [0, 0.1) is 8.99 Å². The molecule has 0 spiro atoms. The van der Waals surface area contributed by atoms with Crippen molar-refractivity contribution < 1.29 is 0 Å². The number of aromatic nitrogens is 2. The lowest BCUT2D eigenvalue weighted by atomic mass is 9.90. The molecule has 0 atom stereocenters. The zero-order chi connectivity index (χ0) is 12.6. The summed E-state index contributed by atoms with van der Waals surface area (Å²) < 4.78 is 3.31. The van der Waals surface area contributed by atoms with Crippen molar-refractivity contribution in [2.24, 2.45) is 5.41 Å². The van der Waals surface area contributed by atoms with Crippen LogP contribution < -0.4 is 5.73 Å². The van der Waals surface area contributed by atoms with Gasteiger partial charge in [-0.05, 0) is 52.6 Å². The second kappa shape index (κ2) is 4.48. The molecule has 0 unspecified atom stereocenters. The molecule has 1 heterocycles. The molecule has 4 heteroatoms. The molecule has 0 saturated carbocycles. The minimum atomic E-state index is 0.241. The van der Waals surface area contributed by atoms with E-state index in [2.05, 4.69) is 71.1 Å². The predicted molar refractivity (Wildman–Crippen MR) is 80.9 cm³/mol. The molecule has 0 bridgehead atoms. The molecule has 2 rings (SSSR count). The molecule has 0 aliphatic carbocycles. The van der Waals surface area contributed by atoms with E-state index in [0.29, 0.717) is 5.95 Å². The van der Waals surface area contributed by atoms with Gasteiger partial charge in [-0.25, -0.2) is 4.98 Å². The first-order valence-electron chi connectivity index (χ1n) is 5.84. The van der Waals surface area contributed by atoms with Crippen molar-refractivity contribution >= 4 is 39.6 Å². The Morgan fingerprint density at radius 1 is 1.41 bits per heavy atom. The fraction of sp³-hybridized carbons (Fsp3) is 0.462. The lowest BCUT2D eigenvalue weighted by molar-refractivity contribution is 0.300. The van der Waals surface area contributed by atoms with Crippen LogP contribution in [0.1, 0.15) is 27.2 Å². The predicted octanol–water partition coefficient (Wildman–Crippen LogP) is 3.66. The molecular weight excluding hydrogens is 325 g/mol. The highest BCUT2D eigenvalue weighted by molar-refractivity contribution is 14.1. The number of imidazole rings is 1. The van der Waals surface area contributed by atoms with E-state index >= 15 is 0 Å². The molecule has 92 valence electrons. The van der Waals surface area contributed by atoms with E-state index in [1.54, 1.807) is 0 Å². The topological polar surface area (TPSA) is 43.8 Å². The van der Waals surface area contributed by atoms with Crippen molar-refractivity contribution in [1.82, 2.24) is 9.55 Å². The lowest BCUT2D eigenvalue weighted by Crippen LogP contribution is -2.19. The van der Waals surface area contributed by atoms with Crippen molar-refractivity contribution in [2.45, 2.75) is 33.7 Å². The maximum absolute atomic E-state index is 6.01. The fourth-order valence-corrected chi connectivity index (χ4v) is 2.30. The minimum absolute atomic E-state index is 0.241. The first kappa shape index (κ1) is 12.7. The van der Waals surface area contributed by atoms with Gasteiger partial charge in [0.1, 0.15) is 0 Å². The number of nitrogens with two attached hydrogens (primary N) is 1. The van der Waals surface area contributed by atoms with E-state index in [1.165, 1.54) is 3.57 Å². The van der Waals surface area contributed by atoms with Crippen LogP contribution in [0.25, 0.3) is 11.0 Å². The van der Waals surface area contributed by atoms with Gasteiger partial charge in [0.15, 0.2) is 0 Å². The summed E-state index contributed by atoms with van der Waals surface area (Å²) in [5.74, 6) is 0.614. The van der Waals surface area contributed by atoms with Gasteiger partial charge in [-0.2, -0.15) is 0 Å². The zero-order valence-corrected chi connectivity index (χ0v) is 12.7. The summed E-state index contributed by atoms with van der Waals surface area (Å²) in [6.07, 6.45) is 1.12. The Labute approximate surface area is 116 Å². The van der Waals surface area contributed by atoms with Crippen LogP contribution in [0.15, 0.2) is 18.2 Å². The number of benzene rings is 1. The molecule has 3 nitrogen and oxygen atoms in total. The highest BCUT2D eigenvalue weighted by Crippen LogP contribution is 2.27. The number of hydrogen-bond acceptors (Lipinski definition) is 2. The molecule has 1 aromatic heterocycles. The number of hydrogen-bond donors (Lipinski definition) is 1. The Kier molecular flexibility index (Phi) is 3.34. The van der Waals surface area contributed by atoms with Crippen molar-refractivity contribution in [2.75, 3.05) is 5.73 Å². The highest BCUT2D eigenvalue weighted by Gasteiger charge is 2.19. The Hall–Kier alpha value is -0.780. The quantitative estimate of drug-likeness (QED) is 0.865. The van der Waals surface area contributed by atoms with Gasteiger partial charge in [0, 0.05) is 10.1 Å². The van der Waals surface area contributed by atoms with E-state index in [0.717, 1.165) is 24.0 Å². The molecule has 1 aromatic carbocycles. The minimum Gasteiger partial charge on any atom is -0.369 e. The Morgan fingerprint density at radius 3 is 2.76 bits per heavy atom. The zero-order valence-electron chi connectivity index (χ0n) is 10.5. The Morgan fingerprint density at radius 2 is 2.12 bits per heavy atom. The van der Waals surface area contributed by atoms with Crippen LogP contribution in [0.5, 0.6) is 0 Å². The Bertz CT molecular complexity index is 543. The largest absolute Gasteiger partial charge is 0.369 e. The fourth-order valence-electron chi connectivity index (χ4n) is 1.83. The molecule has 0 aliphatic heterocycles. The molecule has 0 fully saturated rings. The van der Waals surface area contributed by atoms with Crippen molar-refractivity contribution in [3.63, 3.8) is 0 Å². The number of nitrogen functional groups attached to an aromatic ring is 1. The molecule has 2 N–H and O–H groups in total. The SMILES string of the molecule is CCC(C)(C)Cn1c(N)nc2cc(I)ccc21. The second-order valence-corrected chi connectivity index (χ2v) is 6.45. The summed E-state index contributed by atoms with van der Waals surface area (Å²) in [5.41, 5.74) is 8.37. The summed E-state index contributed by atoms with van der Waals surface area (Å²) in [4.78, 5) is 4.43. The van der Waals surface area contributed by atoms with Crippen LogP contribution in [-0.4, -0.2) is 9.55 Å². The third-order valence-corrected chi connectivity index (χ3v) is 3.95.